The lowest BCUT2D eigenvalue weighted by molar-refractivity contribution is -0.114. The van der Waals surface area contributed by atoms with Crippen LogP contribution in [-0.2, 0) is 11.2 Å². The Bertz CT molecular complexity index is 803. The van der Waals surface area contributed by atoms with Gasteiger partial charge in [-0.2, -0.15) is 0 Å². The Kier molecular flexibility index (Phi) is 4.57. The second-order valence-electron chi connectivity index (χ2n) is 5.83. The lowest BCUT2D eigenvalue weighted by Crippen LogP contribution is -2.09. The van der Waals surface area contributed by atoms with Crippen molar-refractivity contribution in [3.63, 3.8) is 0 Å². The van der Waals surface area contributed by atoms with Crippen molar-refractivity contribution in [3.05, 3.63) is 57.6 Å². The number of fused-ring (bicyclic) bond motifs is 1. The fraction of sp³-hybridized carbons (Fsp3) is 0.222. The lowest BCUT2D eigenvalue weighted by Gasteiger charge is -2.17. The first-order valence-electron chi connectivity index (χ1n) is 7.64. The van der Waals surface area contributed by atoms with E-state index >= 15 is 0 Å². The summed E-state index contributed by atoms with van der Waals surface area (Å²) in [5.74, 6) is -1.02. The predicted octanol–water partition coefficient (Wildman–Crippen LogP) is 4.21. The molecule has 1 amide bonds. The number of hydrogen-bond donors (Lipinski definition) is 3. The number of carbonyl (C=O) groups excluding carboxylic acids is 1. The van der Waals surface area contributed by atoms with E-state index in [1.165, 1.54) is 18.1 Å². The summed E-state index contributed by atoms with van der Waals surface area (Å²) < 4.78 is 0.853. The molecule has 0 saturated carbocycles. The third-order valence-electron chi connectivity index (χ3n) is 4.09. The molecule has 2 aromatic rings. The van der Waals surface area contributed by atoms with Crippen molar-refractivity contribution in [1.82, 2.24) is 0 Å². The number of aryl methyl sites for hydroxylation is 1. The fourth-order valence-electron chi connectivity index (χ4n) is 2.98. The van der Waals surface area contributed by atoms with Crippen molar-refractivity contribution in [3.8, 4) is 0 Å². The number of carboxylic acids is 1. The standard InChI is InChI=1S/C18H17BrN2O3/c1-10(22)20-17-8-12-4-7-16(14(12)9-15(17)19)21-13-5-2-11(3-6-13)18(23)24/h2-3,5-6,8-9,16,21H,4,7H2,1H3,(H,20,22)(H,23,24). The molecule has 0 saturated heterocycles. The van der Waals surface area contributed by atoms with Crippen LogP contribution in [-0.4, -0.2) is 17.0 Å². The topological polar surface area (TPSA) is 78.4 Å². The van der Waals surface area contributed by atoms with Crippen LogP contribution in [0.5, 0.6) is 0 Å². The van der Waals surface area contributed by atoms with Crippen LogP contribution in [0.1, 0.15) is 40.9 Å². The number of benzene rings is 2. The van der Waals surface area contributed by atoms with Gasteiger partial charge in [0.2, 0.25) is 5.91 Å². The highest BCUT2D eigenvalue weighted by Crippen LogP contribution is 2.38. The minimum atomic E-state index is -0.929. The quantitative estimate of drug-likeness (QED) is 0.732. The molecule has 6 heteroatoms. The Labute approximate surface area is 148 Å². The van der Waals surface area contributed by atoms with Gasteiger partial charge in [0.05, 0.1) is 17.3 Å². The molecule has 1 aliphatic carbocycles. The number of amides is 1. The van der Waals surface area contributed by atoms with Crippen LogP contribution in [0.15, 0.2) is 40.9 Å². The van der Waals surface area contributed by atoms with E-state index in [2.05, 4.69) is 26.6 Å². The molecule has 1 atom stereocenters. The van der Waals surface area contributed by atoms with Gasteiger partial charge >= 0.3 is 5.97 Å². The summed E-state index contributed by atoms with van der Waals surface area (Å²) in [6.07, 6.45) is 1.88. The summed E-state index contributed by atoms with van der Waals surface area (Å²) in [5, 5.41) is 15.2. The van der Waals surface area contributed by atoms with E-state index in [9.17, 15) is 9.59 Å². The third kappa shape index (κ3) is 3.43. The summed E-state index contributed by atoms with van der Waals surface area (Å²) in [6, 6.07) is 11.0. The number of carbonyl (C=O) groups is 2. The Morgan fingerprint density at radius 3 is 2.54 bits per heavy atom. The smallest absolute Gasteiger partial charge is 0.335 e. The molecule has 0 radical (unpaired) electrons. The van der Waals surface area contributed by atoms with Gasteiger partial charge < -0.3 is 15.7 Å². The molecule has 24 heavy (non-hydrogen) atoms. The largest absolute Gasteiger partial charge is 0.478 e. The van der Waals surface area contributed by atoms with Crippen molar-refractivity contribution in [2.45, 2.75) is 25.8 Å². The van der Waals surface area contributed by atoms with E-state index in [1.54, 1.807) is 24.3 Å². The van der Waals surface area contributed by atoms with Crippen molar-refractivity contribution in [1.29, 1.82) is 0 Å². The number of nitrogens with one attached hydrogen (secondary N) is 2. The molecule has 0 spiro atoms. The van der Waals surface area contributed by atoms with Gasteiger partial charge in [0, 0.05) is 17.1 Å². The molecule has 0 heterocycles. The zero-order chi connectivity index (χ0) is 17.3. The minimum Gasteiger partial charge on any atom is -0.478 e. The Morgan fingerprint density at radius 1 is 1.21 bits per heavy atom. The SMILES string of the molecule is CC(=O)Nc1cc2c(cc1Br)C(Nc1ccc(C(=O)O)cc1)CC2. The molecule has 0 fully saturated rings. The Balaban J connectivity index is 1.80. The van der Waals surface area contributed by atoms with E-state index in [-0.39, 0.29) is 17.5 Å². The monoisotopic (exact) mass is 388 g/mol. The molecule has 5 nitrogen and oxygen atoms in total. The Hall–Kier alpha value is -2.34. The predicted molar refractivity (Wildman–Crippen MR) is 96.5 cm³/mol. The molecule has 2 aromatic carbocycles. The van der Waals surface area contributed by atoms with Crippen molar-refractivity contribution in [2.24, 2.45) is 0 Å². The van der Waals surface area contributed by atoms with Gasteiger partial charge in [0.15, 0.2) is 0 Å². The first-order valence-corrected chi connectivity index (χ1v) is 8.43. The molecule has 124 valence electrons. The van der Waals surface area contributed by atoms with Gasteiger partial charge in [0.1, 0.15) is 0 Å². The molecular weight excluding hydrogens is 372 g/mol. The van der Waals surface area contributed by atoms with E-state index in [4.69, 9.17) is 5.11 Å². The molecule has 3 N–H and O–H groups in total. The molecule has 0 aliphatic heterocycles. The summed E-state index contributed by atoms with van der Waals surface area (Å²) in [7, 11) is 0. The van der Waals surface area contributed by atoms with Crippen LogP contribution in [0.25, 0.3) is 0 Å². The Morgan fingerprint density at radius 2 is 1.92 bits per heavy atom. The highest BCUT2D eigenvalue weighted by molar-refractivity contribution is 9.10. The molecule has 3 rings (SSSR count). The van der Waals surface area contributed by atoms with E-state index in [1.807, 2.05) is 12.1 Å². The third-order valence-corrected chi connectivity index (χ3v) is 4.75. The molecule has 1 aliphatic rings. The van der Waals surface area contributed by atoms with Gasteiger partial charge in [-0.3, -0.25) is 4.79 Å². The second-order valence-corrected chi connectivity index (χ2v) is 6.68. The first kappa shape index (κ1) is 16.5. The summed E-state index contributed by atoms with van der Waals surface area (Å²) in [5.41, 5.74) is 4.35. The summed E-state index contributed by atoms with van der Waals surface area (Å²) >= 11 is 3.51. The number of hydrogen-bond acceptors (Lipinski definition) is 3. The first-order chi connectivity index (χ1) is 11.4. The average Bonchev–Trinajstić information content (AvgIpc) is 2.90. The zero-order valence-corrected chi connectivity index (χ0v) is 14.7. The van der Waals surface area contributed by atoms with Crippen LogP contribution in [0.3, 0.4) is 0 Å². The van der Waals surface area contributed by atoms with Gasteiger partial charge in [-0.05, 0) is 76.3 Å². The number of halogens is 1. The maximum atomic E-state index is 11.3. The second kappa shape index (κ2) is 6.65. The van der Waals surface area contributed by atoms with Crippen LogP contribution >= 0.6 is 15.9 Å². The molecule has 1 unspecified atom stereocenters. The van der Waals surface area contributed by atoms with Crippen LogP contribution in [0, 0.1) is 0 Å². The van der Waals surface area contributed by atoms with Gasteiger partial charge in [0.25, 0.3) is 0 Å². The van der Waals surface area contributed by atoms with Gasteiger partial charge in [-0.25, -0.2) is 4.79 Å². The van der Waals surface area contributed by atoms with Crippen LogP contribution < -0.4 is 10.6 Å². The van der Waals surface area contributed by atoms with E-state index in [0.717, 1.165) is 28.7 Å². The van der Waals surface area contributed by atoms with E-state index < -0.39 is 5.97 Å². The highest BCUT2D eigenvalue weighted by atomic mass is 79.9. The molecular formula is C18H17BrN2O3. The van der Waals surface area contributed by atoms with E-state index in [0.29, 0.717) is 0 Å². The number of rotatable bonds is 4. The normalized spacial score (nSPS) is 15.7. The van der Waals surface area contributed by atoms with Crippen LogP contribution in [0.4, 0.5) is 11.4 Å². The average molecular weight is 389 g/mol. The maximum Gasteiger partial charge on any atom is 0.335 e. The number of aromatic carboxylic acids is 1. The van der Waals surface area contributed by atoms with Crippen molar-refractivity contribution >= 4 is 39.2 Å². The maximum absolute atomic E-state index is 11.3. The minimum absolute atomic E-state index is 0.0955. The van der Waals surface area contributed by atoms with Crippen LogP contribution in [0.2, 0.25) is 0 Å². The van der Waals surface area contributed by atoms with Crippen molar-refractivity contribution in [2.75, 3.05) is 10.6 Å². The zero-order valence-electron chi connectivity index (χ0n) is 13.1. The van der Waals surface area contributed by atoms with Gasteiger partial charge in [-0.15, -0.1) is 0 Å². The lowest BCUT2D eigenvalue weighted by atomic mass is 10.1. The molecule has 0 bridgehead atoms. The number of carboxylic acid groups (broad SMARTS) is 1. The summed E-state index contributed by atoms with van der Waals surface area (Å²) in [6.45, 7) is 1.49. The van der Waals surface area contributed by atoms with Crippen molar-refractivity contribution < 1.29 is 14.7 Å². The molecule has 0 aromatic heterocycles. The highest BCUT2D eigenvalue weighted by Gasteiger charge is 2.24. The number of anilines is 2. The fourth-order valence-corrected chi connectivity index (χ4v) is 3.44. The van der Waals surface area contributed by atoms with Gasteiger partial charge in [-0.1, -0.05) is 0 Å². The summed E-state index contributed by atoms with van der Waals surface area (Å²) in [4.78, 5) is 22.2.